The first-order chi connectivity index (χ1) is 11.5. The second-order valence-electron chi connectivity index (χ2n) is 5.83. The molecule has 0 aromatic heterocycles. The number of anilines is 1. The van der Waals surface area contributed by atoms with E-state index in [-0.39, 0.29) is 12.6 Å². The van der Waals surface area contributed by atoms with Crippen molar-refractivity contribution in [2.24, 2.45) is 0 Å². The Morgan fingerprint density at radius 2 is 1.88 bits per heavy atom. The molecule has 1 atom stereocenters. The van der Waals surface area contributed by atoms with Gasteiger partial charge in [0.05, 0.1) is 19.8 Å². The van der Waals surface area contributed by atoms with Gasteiger partial charge in [-0.25, -0.2) is 4.79 Å². The minimum Gasteiger partial charge on any atom is -0.497 e. The third-order valence-corrected chi connectivity index (χ3v) is 4.10. The number of hydrogen-bond donors (Lipinski definition) is 2. The molecule has 0 fully saturated rings. The van der Waals surface area contributed by atoms with Crippen LogP contribution < -0.4 is 10.1 Å². The number of rotatable bonds is 5. The van der Waals surface area contributed by atoms with Gasteiger partial charge in [0.1, 0.15) is 5.75 Å². The summed E-state index contributed by atoms with van der Waals surface area (Å²) in [6.07, 6.45) is 0. The number of nitrogens with one attached hydrogen (secondary N) is 1. The van der Waals surface area contributed by atoms with E-state index in [1.54, 1.807) is 14.2 Å². The zero-order valence-electron chi connectivity index (χ0n) is 14.5. The Balaban J connectivity index is 2.15. The van der Waals surface area contributed by atoms with Crippen molar-refractivity contribution in [1.82, 2.24) is 4.90 Å². The Morgan fingerprint density at radius 3 is 2.46 bits per heavy atom. The number of hydrogen-bond acceptors (Lipinski definition) is 3. The van der Waals surface area contributed by atoms with E-state index in [4.69, 9.17) is 4.74 Å². The number of likely N-dealkylation sites (N-methyl/N-ethyl adjacent to an activating group) is 1. The number of aryl methyl sites for hydroxylation is 2. The van der Waals surface area contributed by atoms with E-state index in [2.05, 4.69) is 5.32 Å². The molecule has 0 saturated carbocycles. The summed E-state index contributed by atoms with van der Waals surface area (Å²) in [5.74, 6) is 0.734. The van der Waals surface area contributed by atoms with Crippen LogP contribution in [0.2, 0.25) is 0 Å². The fourth-order valence-electron chi connectivity index (χ4n) is 2.49. The monoisotopic (exact) mass is 328 g/mol. The maximum atomic E-state index is 12.6. The molecule has 1 unspecified atom stereocenters. The number of ether oxygens (including phenoxy) is 1. The molecule has 5 nitrogen and oxygen atoms in total. The predicted octanol–water partition coefficient (Wildman–Crippen LogP) is 3.51. The summed E-state index contributed by atoms with van der Waals surface area (Å²) >= 11 is 0. The van der Waals surface area contributed by atoms with Crippen molar-refractivity contribution in [2.45, 2.75) is 19.9 Å². The normalized spacial score (nSPS) is 11.7. The van der Waals surface area contributed by atoms with Crippen molar-refractivity contribution in [2.75, 3.05) is 26.1 Å². The minimum absolute atomic E-state index is 0.164. The maximum Gasteiger partial charge on any atom is 0.322 e. The Bertz CT molecular complexity index is 698. The van der Waals surface area contributed by atoms with Crippen LogP contribution in [0.4, 0.5) is 10.5 Å². The van der Waals surface area contributed by atoms with Crippen LogP contribution >= 0.6 is 0 Å². The molecule has 2 N–H and O–H groups in total. The van der Waals surface area contributed by atoms with Gasteiger partial charge < -0.3 is 20.1 Å². The Hall–Kier alpha value is -2.53. The first kappa shape index (κ1) is 17.8. The highest BCUT2D eigenvalue weighted by atomic mass is 16.5. The van der Waals surface area contributed by atoms with Crippen molar-refractivity contribution in [3.63, 3.8) is 0 Å². The second-order valence-corrected chi connectivity index (χ2v) is 5.83. The van der Waals surface area contributed by atoms with E-state index in [0.717, 1.165) is 28.1 Å². The Labute approximate surface area is 142 Å². The summed E-state index contributed by atoms with van der Waals surface area (Å²) < 4.78 is 5.14. The number of aliphatic hydroxyl groups excluding tert-OH is 1. The van der Waals surface area contributed by atoms with Crippen molar-refractivity contribution >= 4 is 11.7 Å². The number of nitrogens with zero attached hydrogens (tertiary/aromatic N) is 1. The van der Waals surface area contributed by atoms with Crippen LogP contribution in [0.1, 0.15) is 22.7 Å². The fourth-order valence-corrected chi connectivity index (χ4v) is 2.49. The summed E-state index contributed by atoms with van der Waals surface area (Å²) in [6, 6.07) is 12.5. The first-order valence-corrected chi connectivity index (χ1v) is 7.82. The predicted molar refractivity (Wildman–Crippen MR) is 95.5 cm³/mol. The van der Waals surface area contributed by atoms with Gasteiger partial charge in [0.15, 0.2) is 0 Å². The van der Waals surface area contributed by atoms with Crippen molar-refractivity contribution in [3.05, 3.63) is 59.2 Å². The standard InChI is InChI=1S/C19H24N2O3/c1-13-5-6-14(2)17(11-13)20-19(23)21(3)18(12-22)15-7-9-16(24-4)10-8-15/h5-11,18,22H,12H2,1-4H3,(H,20,23). The lowest BCUT2D eigenvalue weighted by Gasteiger charge is -2.27. The third kappa shape index (κ3) is 4.06. The maximum absolute atomic E-state index is 12.6. The zero-order valence-corrected chi connectivity index (χ0v) is 14.5. The summed E-state index contributed by atoms with van der Waals surface area (Å²) in [6.45, 7) is 3.76. The SMILES string of the molecule is COc1ccc(C(CO)N(C)C(=O)Nc2cc(C)ccc2C)cc1. The molecule has 2 aromatic rings. The average Bonchev–Trinajstić information content (AvgIpc) is 2.59. The summed E-state index contributed by atoms with van der Waals surface area (Å²) in [4.78, 5) is 14.1. The molecule has 2 aromatic carbocycles. The molecule has 0 aliphatic carbocycles. The summed E-state index contributed by atoms with van der Waals surface area (Å²) in [5.41, 5.74) is 3.69. The van der Waals surface area contributed by atoms with Gasteiger partial charge in [-0.05, 0) is 48.7 Å². The van der Waals surface area contributed by atoms with E-state index in [1.807, 2.05) is 56.3 Å². The number of carbonyl (C=O) groups is 1. The Kier molecular flexibility index (Phi) is 5.82. The van der Waals surface area contributed by atoms with E-state index in [9.17, 15) is 9.90 Å². The highest BCUT2D eigenvalue weighted by molar-refractivity contribution is 5.90. The lowest BCUT2D eigenvalue weighted by molar-refractivity contribution is 0.159. The van der Waals surface area contributed by atoms with Gasteiger partial charge in [-0.15, -0.1) is 0 Å². The van der Waals surface area contributed by atoms with Gasteiger partial charge in [-0.2, -0.15) is 0 Å². The molecule has 0 heterocycles. The second kappa shape index (κ2) is 7.84. The van der Waals surface area contributed by atoms with Crippen molar-refractivity contribution < 1.29 is 14.6 Å². The quantitative estimate of drug-likeness (QED) is 0.883. The molecule has 5 heteroatoms. The molecule has 0 bridgehead atoms. The van der Waals surface area contributed by atoms with Crippen LogP contribution in [-0.4, -0.2) is 36.8 Å². The third-order valence-electron chi connectivity index (χ3n) is 4.10. The number of methoxy groups -OCH3 is 1. The lowest BCUT2D eigenvalue weighted by Crippen LogP contribution is -2.36. The number of urea groups is 1. The fraction of sp³-hybridized carbons (Fsp3) is 0.316. The molecule has 0 saturated heterocycles. The van der Waals surface area contributed by atoms with Crippen LogP contribution in [0, 0.1) is 13.8 Å². The van der Waals surface area contributed by atoms with Crippen LogP contribution in [0.5, 0.6) is 5.75 Å². The van der Waals surface area contributed by atoms with Gasteiger partial charge in [0, 0.05) is 12.7 Å². The zero-order chi connectivity index (χ0) is 17.7. The van der Waals surface area contributed by atoms with Crippen LogP contribution in [0.25, 0.3) is 0 Å². The average molecular weight is 328 g/mol. The highest BCUT2D eigenvalue weighted by Gasteiger charge is 2.21. The van der Waals surface area contributed by atoms with Gasteiger partial charge in [-0.1, -0.05) is 24.3 Å². The van der Waals surface area contributed by atoms with Crippen LogP contribution in [0.15, 0.2) is 42.5 Å². The molecule has 0 spiro atoms. The summed E-state index contributed by atoms with van der Waals surface area (Å²) in [7, 11) is 3.27. The van der Waals surface area contributed by atoms with E-state index < -0.39 is 6.04 Å². The molecule has 2 rings (SSSR count). The number of carbonyl (C=O) groups excluding carboxylic acids is 1. The van der Waals surface area contributed by atoms with Gasteiger partial charge in [0.2, 0.25) is 0 Å². The molecule has 2 amide bonds. The van der Waals surface area contributed by atoms with Crippen LogP contribution in [-0.2, 0) is 0 Å². The minimum atomic E-state index is -0.430. The molecule has 0 aliphatic heterocycles. The molecule has 128 valence electrons. The number of aliphatic hydroxyl groups is 1. The topological polar surface area (TPSA) is 61.8 Å². The van der Waals surface area contributed by atoms with E-state index in [1.165, 1.54) is 4.90 Å². The Morgan fingerprint density at radius 1 is 1.21 bits per heavy atom. The van der Waals surface area contributed by atoms with Gasteiger partial charge in [-0.3, -0.25) is 0 Å². The van der Waals surface area contributed by atoms with Gasteiger partial charge >= 0.3 is 6.03 Å². The first-order valence-electron chi connectivity index (χ1n) is 7.82. The molecular weight excluding hydrogens is 304 g/mol. The molecular formula is C19H24N2O3. The smallest absolute Gasteiger partial charge is 0.322 e. The summed E-state index contributed by atoms with van der Waals surface area (Å²) in [5, 5.41) is 12.6. The number of amides is 2. The van der Waals surface area contributed by atoms with Crippen LogP contribution in [0.3, 0.4) is 0 Å². The highest BCUT2D eigenvalue weighted by Crippen LogP contribution is 2.23. The number of benzene rings is 2. The van der Waals surface area contributed by atoms with Gasteiger partial charge in [0.25, 0.3) is 0 Å². The lowest BCUT2D eigenvalue weighted by atomic mass is 10.1. The van der Waals surface area contributed by atoms with E-state index >= 15 is 0 Å². The van der Waals surface area contributed by atoms with Crippen molar-refractivity contribution in [3.8, 4) is 5.75 Å². The largest absolute Gasteiger partial charge is 0.497 e. The van der Waals surface area contributed by atoms with E-state index in [0.29, 0.717) is 0 Å². The molecule has 24 heavy (non-hydrogen) atoms. The van der Waals surface area contributed by atoms with Crippen molar-refractivity contribution in [1.29, 1.82) is 0 Å². The molecule has 0 aliphatic rings. The molecule has 0 radical (unpaired) electrons.